The Morgan fingerprint density at radius 2 is 1.40 bits per heavy atom. The van der Waals surface area contributed by atoms with Crippen molar-refractivity contribution in [2.45, 2.75) is 57.8 Å². The number of carbonyl (C=O) groups is 1. The largest absolute Gasteiger partial charge is 0.489 e. The van der Waals surface area contributed by atoms with Crippen molar-refractivity contribution < 1.29 is 22.7 Å². The van der Waals surface area contributed by atoms with Crippen molar-refractivity contribution in [2.75, 3.05) is 0 Å². The molecule has 0 aliphatic heterocycles. The van der Waals surface area contributed by atoms with Gasteiger partial charge in [0.2, 0.25) is 10.0 Å². The molecule has 0 aliphatic rings. The van der Waals surface area contributed by atoms with Crippen LogP contribution in [0.2, 0.25) is 0 Å². The number of hydrogen-bond donors (Lipinski definition) is 1. The second kappa shape index (κ2) is 11.1. The van der Waals surface area contributed by atoms with Crippen LogP contribution in [0.15, 0.2) is 83.8 Å². The van der Waals surface area contributed by atoms with Crippen molar-refractivity contribution in [1.82, 2.24) is 4.72 Å². The summed E-state index contributed by atoms with van der Waals surface area (Å²) in [6.45, 7) is 9.27. The predicted molar refractivity (Wildman–Crippen MR) is 137 cm³/mol. The molecule has 186 valence electrons. The maximum absolute atomic E-state index is 13.0. The number of esters is 1. The number of hydrogen-bond acceptors (Lipinski definition) is 5. The molecule has 0 aromatic heterocycles. The molecule has 1 N–H and O–H groups in total. The molecule has 0 saturated carbocycles. The highest BCUT2D eigenvalue weighted by atomic mass is 32.2. The van der Waals surface area contributed by atoms with Gasteiger partial charge in [-0.3, -0.25) is 4.79 Å². The molecule has 6 nitrogen and oxygen atoms in total. The van der Waals surface area contributed by atoms with Gasteiger partial charge in [0.05, 0.1) is 4.90 Å². The zero-order chi connectivity index (χ0) is 25.6. The molecule has 0 saturated heterocycles. The Hall–Kier alpha value is -3.16. The monoisotopic (exact) mass is 495 g/mol. The standard InChI is InChI=1S/C28H33NO5S/c1-20(2)26(27(30)34-28(3,4)5)29-35(31,32)25-17-13-23(14-18-25)22-11-15-24(16-12-22)33-19-21-9-7-6-8-10-21/h6-18,20,26,29H,19H2,1-5H3/t26-/m1/s1. The third-order valence-electron chi connectivity index (χ3n) is 5.21. The second-order valence-electron chi connectivity index (χ2n) is 9.70. The van der Waals surface area contributed by atoms with Crippen molar-refractivity contribution in [2.24, 2.45) is 5.92 Å². The lowest BCUT2D eigenvalue weighted by Crippen LogP contribution is -2.47. The summed E-state index contributed by atoms with van der Waals surface area (Å²) in [5, 5.41) is 0. The van der Waals surface area contributed by atoms with Gasteiger partial charge in [0.25, 0.3) is 0 Å². The number of rotatable bonds is 9. The van der Waals surface area contributed by atoms with Gasteiger partial charge in [0.1, 0.15) is 24.0 Å². The zero-order valence-electron chi connectivity index (χ0n) is 20.8. The fourth-order valence-corrected chi connectivity index (χ4v) is 4.70. The SMILES string of the molecule is CC(C)[C@@H](NS(=O)(=O)c1ccc(-c2ccc(OCc3ccccc3)cc2)cc1)C(=O)OC(C)(C)C. The van der Waals surface area contributed by atoms with Crippen LogP contribution in [-0.2, 0) is 26.2 Å². The molecule has 3 aromatic carbocycles. The molecule has 3 aromatic rings. The molecule has 35 heavy (non-hydrogen) atoms. The third kappa shape index (κ3) is 7.67. The Kier molecular flexibility index (Phi) is 8.35. The van der Waals surface area contributed by atoms with E-state index in [0.717, 1.165) is 22.4 Å². The van der Waals surface area contributed by atoms with E-state index in [1.165, 1.54) is 12.1 Å². The van der Waals surface area contributed by atoms with E-state index in [1.807, 2.05) is 54.6 Å². The second-order valence-corrected chi connectivity index (χ2v) is 11.4. The van der Waals surface area contributed by atoms with E-state index in [4.69, 9.17) is 9.47 Å². The van der Waals surface area contributed by atoms with E-state index in [1.54, 1.807) is 46.8 Å². The van der Waals surface area contributed by atoms with Crippen molar-refractivity contribution in [3.8, 4) is 16.9 Å². The molecule has 3 rings (SSSR count). The van der Waals surface area contributed by atoms with E-state index < -0.39 is 27.6 Å². The van der Waals surface area contributed by atoms with Crippen LogP contribution in [0.5, 0.6) is 5.75 Å². The summed E-state index contributed by atoms with van der Waals surface area (Å²) in [5.74, 6) is -0.119. The Morgan fingerprint density at radius 1 is 0.857 bits per heavy atom. The first-order valence-corrected chi connectivity index (χ1v) is 13.1. The summed E-state index contributed by atoms with van der Waals surface area (Å²) in [4.78, 5) is 12.6. The van der Waals surface area contributed by atoms with Crippen molar-refractivity contribution in [3.05, 3.63) is 84.4 Å². The molecule has 0 radical (unpaired) electrons. The highest BCUT2D eigenvalue weighted by molar-refractivity contribution is 7.89. The lowest BCUT2D eigenvalue weighted by Gasteiger charge is -2.26. The van der Waals surface area contributed by atoms with Crippen molar-refractivity contribution >= 4 is 16.0 Å². The van der Waals surface area contributed by atoms with Crippen molar-refractivity contribution in [3.63, 3.8) is 0 Å². The van der Waals surface area contributed by atoms with E-state index in [9.17, 15) is 13.2 Å². The van der Waals surface area contributed by atoms with E-state index in [0.29, 0.717) is 6.61 Å². The van der Waals surface area contributed by atoms with Gasteiger partial charge < -0.3 is 9.47 Å². The Balaban J connectivity index is 1.68. The summed E-state index contributed by atoms with van der Waals surface area (Å²) >= 11 is 0. The lowest BCUT2D eigenvalue weighted by molar-refractivity contribution is -0.158. The fraction of sp³-hybridized carbons (Fsp3) is 0.321. The van der Waals surface area contributed by atoms with E-state index in [-0.39, 0.29) is 10.8 Å². The number of benzene rings is 3. The van der Waals surface area contributed by atoms with Crippen LogP contribution in [-0.4, -0.2) is 26.0 Å². The first-order chi connectivity index (χ1) is 16.4. The molecular weight excluding hydrogens is 462 g/mol. The lowest BCUT2D eigenvalue weighted by atomic mass is 10.1. The molecule has 0 heterocycles. The summed E-state index contributed by atoms with van der Waals surface area (Å²) in [7, 11) is -3.92. The van der Waals surface area contributed by atoms with E-state index in [2.05, 4.69) is 4.72 Å². The third-order valence-corrected chi connectivity index (χ3v) is 6.67. The van der Waals surface area contributed by atoms with Gasteiger partial charge in [0, 0.05) is 0 Å². The normalized spacial score (nSPS) is 12.9. The number of sulfonamides is 1. The highest BCUT2D eigenvalue weighted by Crippen LogP contribution is 2.25. The van der Waals surface area contributed by atoms with Crippen LogP contribution in [0.3, 0.4) is 0 Å². The van der Waals surface area contributed by atoms with Crippen LogP contribution in [0.25, 0.3) is 11.1 Å². The smallest absolute Gasteiger partial charge is 0.324 e. The number of ether oxygens (including phenoxy) is 2. The van der Waals surface area contributed by atoms with Crippen LogP contribution >= 0.6 is 0 Å². The minimum absolute atomic E-state index is 0.0817. The molecular formula is C28H33NO5S. The average molecular weight is 496 g/mol. The van der Waals surface area contributed by atoms with Gasteiger partial charge in [-0.1, -0.05) is 68.4 Å². The molecule has 7 heteroatoms. The average Bonchev–Trinajstić information content (AvgIpc) is 2.81. The fourth-order valence-electron chi connectivity index (χ4n) is 3.37. The first kappa shape index (κ1) is 26.4. The Morgan fingerprint density at radius 3 is 1.91 bits per heavy atom. The maximum atomic E-state index is 13.0. The summed E-state index contributed by atoms with van der Waals surface area (Å²) in [6.07, 6.45) is 0. The van der Waals surface area contributed by atoms with Crippen LogP contribution in [0, 0.1) is 5.92 Å². The minimum atomic E-state index is -3.92. The summed E-state index contributed by atoms with van der Waals surface area (Å²) in [6, 6.07) is 23.1. The maximum Gasteiger partial charge on any atom is 0.324 e. The first-order valence-electron chi connectivity index (χ1n) is 11.6. The summed E-state index contributed by atoms with van der Waals surface area (Å²) < 4.78 is 39.7. The molecule has 0 bridgehead atoms. The molecule has 0 amide bonds. The highest BCUT2D eigenvalue weighted by Gasteiger charge is 2.32. The zero-order valence-corrected chi connectivity index (χ0v) is 21.6. The van der Waals surface area contributed by atoms with Crippen molar-refractivity contribution in [1.29, 1.82) is 0 Å². The Bertz CT molecular complexity index is 1210. The predicted octanol–water partition coefficient (Wildman–Crippen LogP) is 5.58. The molecule has 0 spiro atoms. The van der Waals surface area contributed by atoms with Gasteiger partial charge >= 0.3 is 5.97 Å². The minimum Gasteiger partial charge on any atom is -0.489 e. The van der Waals surface area contributed by atoms with Crippen LogP contribution in [0.4, 0.5) is 0 Å². The van der Waals surface area contributed by atoms with E-state index >= 15 is 0 Å². The van der Waals surface area contributed by atoms with Crippen LogP contribution < -0.4 is 9.46 Å². The van der Waals surface area contributed by atoms with Gasteiger partial charge in [-0.2, -0.15) is 4.72 Å². The molecule has 0 unspecified atom stereocenters. The van der Waals surface area contributed by atoms with Gasteiger partial charge in [0.15, 0.2) is 0 Å². The van der Waals surface area contributed by atoms with Gasteiger partial charge in [-0.05, 0) is 67.6 Å². The molecule has 1 atom stereocenters. The topological polar surface area (TPSA) is 81.7 Å². The molecule has 0 aliphatic carbocycles. The molecule has 0 fully saturated rings. The van der Waals surface area contributed by atoms with Gasteiger partial charge in [-0.25, -0.2) is 8.42 Å². The van der Waals surface area contributed by atoms with Crippen LogP contribution in [0.1, 0.15) is 40.2 Å². The number of carbonyl (C=O) groups excluding carboxylic acids is 1. The quantitative estimate of drug-likeness (QED) is 0.392. The number of nitrogens with one attached hydrogen (secondary N) is 1. The van der Waals surface area contributed by atoms with Gasteiger partial charge in [-0.15, -0.1) is 0 Å². The Labute approximate surface area is 208 Å². The summed E-state index contributed by atoms with van der Waals surface area (Å²) in [5.41, 5.74) is 2.18.